The number of hydrogen-bond donors (Lipinski definition) is 2. The first-order valence-electron chi connectivity index (χ1n) is 6.72. The highest BCUT2D eigenvalue weighted by molar-refractivity contribution is 7.85. The van der Waals surface area contributed by atoms with Gasteiger partial charge in [0.2, 0.25) is 0 Å². The molecule has 3 N–H and O–H groups in total. The molecule has 5 heteroatoms. The van der Waals surface area contributed by atoms with E-state index >= 15 is 0 Å². The molecule has 1 aromatic rings. The number of hydrogen-bond acceptors (Lipinski definition) is 4. The van der Waals surface area contributed by atoms with Gasteiger partial charge in [0.15, 0.2) is 0 Å². The van der Waals surface area contributed by atoms with Crippen molar-refractivity contribution in [1.29, 1.82) is 0 Å². The third kappa shape index (κ3) is 4.13. The van der Waals surface area contributed by atoms with E-state index in [0.29, 0.717) is 11.7 Å². The van der Waals surface area contributed by atoms with Gasteiger partial charge in [-0.1, -0.05) is 0 Å². The second-order valence-corrected chi connectivity index (χ2v) is 6.88. The van der Waals surface area contributed by atoms with E-state index in [2.05, 4.69) is 5.32 Å². The molecule has 0 unspecified atom stereocenters. The highest BCUT2D eigenvalue weighted by Gasteiger charge is 2.17. The second kappa shape index (κ2) is 6.28. The number of nitrogens with two attached hydrogens (primary N) is 1. The number of nitrogens with one attached hydrogen (secondary N) is 1. The van der Waals surface area contributed by atoms with Crippen LogP contribution in [0.25, 0.3) is 0 Å². The predicted molar refractivity (Wildman–Crippen MR) is 81.1 cm³/mol. The van der Waals surface area contributed by atoms with Crippen molar-refractivity contribution >= 4 is 22.2 Å². The second-order valence-electron chi connectivity index (χ2n) is 5.19. The maximum Gasteiger partial charge on any atom is 0.144 e. The van der Waals surface area contributed by atoms with E-state index in [9.17, 15) is 4.21 Å². The Kier molecular flexibility index (Phi) is 4.69. The summed E-state index contributed by atoms with van der Waals surface area (Å²) in [5.74, 6) is 2.31. The standard InChI is InChI=1S/C14H22N2O2S/c1-10(2)18-14-9-12(3-4-13(14)15)16-11-5-7-19(17)8-6-11/h3-4,9-11,16H,5-8,15H2,1-2H3. The zero-order chi connectivity index (χ0) is 13.8. The molecule has 1 saturated heterocycles. The van der Waals surface area contributed by atoms with Crippen molar-refractivity contribution in [3.63, 3.8) is 0 Å². The van der Waals surface area contributed by atoms with Crippen molar-refractivity contribution < 1.29 is 8.95 Å². The molecule has 1 aliphatic rings. The summed E-state index contributed by atoms with van der Waals surface area (Å²) in [7, 11) is -0.619. The monoisotopic (exact) mass is 282 g/mol. The molecule has 106 valence electrons. The van der Waals surface area contributed by atoms with Crippen LogP contribution in [0.1, 0.15) is 26.7 Å². The van der Waals surface area contributed by atoms with Crippen LogP contribution in [0.5, 0.6) is 5.75 Å². The van der Waals surface area contributed by atoms with Gasteiger partial charge in [-0.25, -0.2) is 0 Å². The van der Waals surface area contributed by atoms with Gasteiger partial charge < -0.3 is 15.8 Å². The Bertz CT molecular complexity index is 453. The highest BCUT2D eigenvalue weighted by atomic mass is 32.2. The average Bonchev–Trinajstić information content (AvgIpc) is 2.36. The lowest BCUT2D eigenvalue weighted by Crippen LogP contribution is -2.29. The minimum atomic E-state index is -0.619. The Hall–Kier alpha value is -1.23. The Morgan fingerprint density at radius 2 is 2.05 bits per heavy atom. The quantitative estimate of drug-likeness (QED) is 0.832. The van der Waals surface area contributed by atoms with Gasteiger partial charge in [0.05, 0.1) is 11.8 Å². The van der Waals surface area contributed by atoms with Crippen molar-refractivity contribution in [2.75, 3.05) is 22.6 Å². The lowest BCUT2D eigenvalue weighted by molar-refractivity contribution is 0.244. The van der Waals surface area contributed by atoms with Crippen LogP contribution in [-0.2, 0) is 10.8 Å². The molecule has 19 heavy (non-hydrogen) atoms. The van der Waals surface area contributed by atoms with E-state index in [1.54, 1.807) is 0 Å². The van der Waals surface area contributed by atoms with E-state index in [1.807, 2.05) is 32.0 Å². The van der Waals surface area contributed by atoms with Crippen LogP contribution < -0.4 is 15.8 Å². The third-order valence-corrected chi connectivity index (χ3v) is 4.52. The van der Waals surface area contributed by atoms with Gasteiger partial charge >= 0.3 is 0 Å². The molecule has 1 aromatic carbocycles. The Morgan fingerprint density at radius 1 is 1.37 bits per heavy atom. The maximum atomic E-state index is 11.3. The SMILES string of the molecule is CC(C)Oc1cc(NC2CCS(=O)CC2)ccc1N. The molecule has 0 spiro atoms. The molecule has 0 aliphatic carbocycles. The summed E-state index contributed by atoms with van der Waals surface area (Å²) >= 11 is 0. The fraction of sp³-hybridized carbons (Fsp3) is 0.571. The molecular weight excluding hydrogens is 260 g/mol. The van der Waals surface area contributed by atoms with Crippen molar-refractivity contribution in [1.82, 2.24) is 0 Å². The van der Waals surface area contributed by atoms with Crippen LogP contribution in [0.2, 0.25) is 0 Å². The first kappa shape index (κ1) is 14.2. The molecule has 1 aliphatic heterocycles. The van der Waals surface area contributed by atoms with Gasteiger partial charge in [0, 0.05) is 40.1 Å². The number of anilines is 2. The van der Waals surface area contributed by atoms with Crippen molar-refractivity contribution in [2.24, 2.45) is 0 Å². The number of rotatable bonds is 4. The number of nitrogen functional groups attached to an aromatic ring is 1. The van der Waals surface area contributed by atoms with Gasteiger partial charge in [0.1, 0.15) is 5.75 Å². The molecule has 0 radical (unpaired) electrons. The molecule has 1 fully saturated rings. The molecule has 2 rings (SSSR count). The topological polar surface area (TPSA) is 64.3 Å². The van der Waals surface area contributed by atoms with Gasteiger partial charge in [-0.05, 0) is 38.8 Å². The van der Waals surface area contributed by atoms with Gasteiger partial charge in [-0.3, -0.25) is 4.21 Å². The largest absolute Gasteiger partial charge is 0.489 e. The minimum Gasteiger partial charge on any atom is -0.489 e. The summed E-state index contributed by atoms with van der Waals surface area (Å²) in [6, 6.07) is 6.17. The smallest absolute Gasteiger partial charge is 0.144 e. The third-order valence-electron chi connectivity index (χ3n) is 3.13. The summed E-state index contributed by atoms with van der Waals surface area (Å²) in [4.78, 5) is 0. The van der Waals surface area contributed by atoms with E-state index in [4.69, 9.17) is 10.5 Å². The lowest BCUT2D eigenvalue weighted by Gasteiger charge is -2.24. The lowest BCUT2D eigenvalue weighted by atomic mass is 10.1. The first-order chi connectivity index (χ1) is 9.04. The van der Waals surface area contributed by atoms with Crippen molar-refractivity contribution in [3.8, 4) is 5.75 Å². The van der Waals surface area contributed by atoms with Crippen molar-refractivity contribution in [3.05, 3.63) is 18.2 Å². The molecule has 1 heterocycles. The highest BCUT2D eigenvalue weighted by Crippen LogP contribution is 2.27. The van der Waals surface area contributed by atoms with Gasteiger partial charge in [-0.15, -0.1) is 0 Å². The van der Waals surface area contributed by atoms with Crippen LogP contribution in [0.3, 0.4) is 0 Å². The summed E-state index contributed by atoms with van der Waals surface area (Å²) in [6.45, 7) is 3.96. The van der Waals surface area contributed by atoms with E-state index in [1.165, 1.54) is 0 Å². The minimum absolute atomic E-state index is 0.106. The molecule has 0 amide bonds. The van der Waals surface area contributed by atoms with E-state index in [0.717, 1.165) is 35.8 Å². The van der Waals surface area contributed by atoms with Crippen LogP contribution in [0.4, 0.5) is 11.4 Å². The first-order valence-corrected chi connectivity index (χ1v) is 8.21. The fourth-order valence-electron chi connectivity index (χ4n) is 2.15. The zero-order valence-corrected chi connectivity index (χ0v) is 12.3. The Morgan fingerprint density at radius 3 is 2.68 bits per heavy atom. The average molecular weight is 282 g/mol. The Balaban J connectivity index is 2.02. The number of benzene rings is 1. The molecule has 0 saturated carbocycles. The predicted octanol–water partition coefficient (Wildman–Crippen LogP) is 2.38. The van der Waals surface area contributed by atoms with Crippen LogP contribution >= 0.6 is 0 Å². The van der Waals surface area contributed by atoms with E-state index < -0.39 is 10.8 Å². The normalized spacial score (nSPS) is 23.3. The van der Waals surface area contributed by atoms with E-state index in [-0.39, 0.29) is 6.10 Å². The van der Waals surface area contributed by atoms with Crippen LogP contribution in [0, 0.1) is 0 Å². The van der Waals surface area contributed by atoms with Crippen LogP contribution in [0.15, 0.2) is 18.2 Å². The molecule has 0 aromatic heterocycles. The van der Waals surface area contributed by atoms with Gasteiger partial charge in [-0.2, -0.15) is 0 Å². The zero-order valence-electron chi connectivity index (χ0n) is 11.5. The molecule has 4 nitrogen and oxygen atoms in total. The van der Waals surface area contributed by atoms with Crippen molar-refractivity contribution in [2.45, 2.75) is 38.8 Å². The summed E-state index contributed by atoms with van der Waals surface area (Å²) in [6.07, 6.45) is 2.02. The fourth-order valence-corrected chi connectivity index (χ4v) is 3.45. The molecule has 0 atom stereocenters. The Labute approximate surface area is 117 Å². The van der Waals surface area contributed by atoms with Crippen LogP contribution in [-0.4, -0.2) is 27.9 Å². The summed E-state index contributed by atoms with van der Waals surface area (Å²) in [5, 5.41) is 3.47. The molecular formula is C14H22N2O2S. The summed E-state index contributed by atoms with van der Waals surface area (Å²) < 4.78 is 17.0. The summed E-state index contributed by atoms with van der Waals surface area (Å²) in [5.41, 5.74) is 7.57. The maximum absolute atomic E-state index is 11.3. The molecule has 0 bridgehead atoms. The number of ether oxygens (including phenoxy) is 1. The van der Waals surface area contributed by atoms with Gasteiger partial charge in [0.25, 0.3) is 0 Å².